The lowest BCUT2D eigenvalue weighted by Crippen LogP contribution is -2.41. The number of hydrogen-bond donors (Lipinski definition) is 2. The van der Waals surface area contributed by atoms with Crippen molar-refractivity contribution in [3.63, 3.8) is 0 Å². The van der Waals surface area contributed by atoms with Crippen molar-refractivity contribution in [2.24, 2.45) is 5.73 Å². The first-order valence-corrected chi connectivity index (χ1v) is 6.45. The Morgan fingerprint density at radius 1 is 1.35 bits per heavy atom. The lowest BCUT2D eigenvalue weighted by Gasteiger charge is -2.31. The van der Waals surface area contributed by atoms with Gasteiger partial charge in [0.15, 0.2) is 0 Å². The second-order valence-electron chi connectivity index (χ2n) is 4.68. The summed E-state index contributed by atoms with van der Waals surface area (Å²) in [6, 6.07) is 7.79. The summed E-state index contributed by atoms with van der Waals surface area (Å²) < 4.78 is 0. The first-order valence-electron chi connectivity index (χ1n) is 6.07. The van der Waals surface area contributed by atoms with E-state index < -0.39 is 6.10 Å². The molecule has 1 heterocycles. The quantitative estimate of drug-likeness (QED) is 0.865. The van der Waals surface area contributed by atoms with E-state index in [2.05, 4.69) is 4.90 Å². The van der Waals surface area contributed by atoms with Crippen LogP contribution in [0, 0.1) is 0 Å². The van der Waals surface area contributed by atoms with E-state index in [1.807, 2.05) is 24.3 Å². The van der Waals surface area contributed by atoms with Gasteiger partial charge < -0.3 is 15.7 Å². The minimum atomic E-state index is -0.516. The molecule has 1 fully saturated rings. The van der Waals surface area contributed by atoms with Crippen LogP contribution in [-0.4, -0.2) is 35.7 Å². The van der Waals surface area contributed by atoms with Crippen molar-refractivity contribution in [2.45, 2.75) is 25.0 Å². The predicted molar refractivity (Wildman–Crippen MR) is 70.1 cm³/mol. The maximum atomic E-state index is 10.2. The Balaban J connectivity index is 1.93. The van der Waals surface area contributed by atoms with E-state index in [0.717, 1.165) is 31.5 Å². The molecule has 1 saturated heterocycles. The van der Waals surface area contributed by atoms with E-state index in [1.54, 1.807) is 0 Å². The highest BCUT2D eigenvalue weighted by molar-refractivity contribution is 6.31. The molecule has 0 amide bonds. The average molecular weight is 255 g/mol. The van der Waals surface area contributed by atoms with E-state index in [1.165, 1.54) is 0 Å². The lowest BCUT2D eigenvalue weighted by molar-refractivity contribution is 0.0977. The third-order valence-electron chi connectivity index (χ3n) is 3.33. The molecule has 1 aromatic rings. The number of piperidine rings is 1. The van der Waals surface area contributed by atoms with Crippen LogP contribution in [0.4, 0.5) is 0 Å². The number of hydrogen-bond acceptors (Lipinski definition) is 3. The number of nitrogens with two attached hydrogens (primary N) is 1. The molecule has 0 bridgehead atoms. The van der Waals surface area contributed by atoms with Gasteiger partial charge in [0.2, 0.25) is 0 Å². The van der Waals surface area contributed by atoms with E-state index >= 15 is 0 Å². The van der Waals surface area contributed by atoms with Gasteiger partial charge in [-0.2, -0.15) is 0 Å². The minimum absolute atomic E-state index is 0.323. The molecule has 4 heteroatoms. The van der Waals surface area contributed by atoms with Crippen LogP contribution < -0.4 is 5.73 Å². The maximum absolute atomic E-state index is 10.2. The third kappa shape index (κ3) is 3.42. The molecule has 0 aromatic heterocycles. The summed E-state index contributed by atoms with van der Waals surface area (Å²) in [5.41, 5.74) is 6.66. The molecule has 1 aliphatic heterocycles. The van der Waals surface area contributed by atoms with Crippen LogP contribution in [0.5, 0.6) is 0 Å². The van der Waals surface area contributed by atoms with Gasteiger partial charge in [-0.15, -0.1) is 0 Å². The van der Waals surface area contributed by atoms with Crippen molar-refractivity contribution in [1.29, 1.82) is 0 Å². The van der Waals surface area contributed by atoms with Crippen LogP contribution in [0.2, 0.25) is 5.02 Å². The number of aliphatic hydroxyl groups excluding tert-OH is 1. The Morgan fingerprint density at radius 2 is 2.00 bits per heavy atom. The molecular weight excluding hydrogens is 236 g/mol. The third-order valence-corrected chi connectivity index (χ3v) is 3.67. The highest BCUT2D eigenvalue weighted by Gasteiger charge is 2.20. The van der Waals surface area contributed by atoms with Crippen molar-refractivity contribution in [3.05, 3.63) is 34.9 Å². The van der Waals surface area contributed by atoms with E-state index in [4.69, 9.17) is 17.3 Å². The normalized spacial score (nSPS) is 20.4. The largest absolute Gasteiger partial charge is 0.387 e. The molecule has 1 atom stereocenters. The topological polar surface area (TPSA) is 49.5 Å². The molecule has 0 aliphatic carbocycles. The van der Waals surface area contributed by atoms with Crippen molar-refractivity contribution in [1.82, 2.24) is 4.90 Å². The smallest absolute Gasteiger partial charge is 0.0931 e. The standard InChI is InChI=1S/C13H19ClN2O/c14-12-4-2-1-3-11(12)13(17)9-16-7-5-10(15)6-8-16/h1-4,10,13,17H,5-9,15H2. The summed E-state index contributed by atoms with van der Waals surface area (Å²) in [7, 11) is 0. The molecule has 94 valence electrons. The molecule has 3 nitrogen and oxygen atoms in total. The van der Waals surface area contributed by atoms with Crippen molar-refractivity contribution in [3.8, 4) is 0 Å². The van der Waals surface area contributed by atoms with E-state index in [0.29, 0.717) is 17.6 Å². The predicted octanol–water partition coefficient (Wildman–Crippen LogP) is 1.80. The summed E-state index contributed by atoms with van der Waals surface area (Å²) in [6.45, 7) is 2.56. The van der Waals surface area contributed by atoms with Gasteiger partial charge in [0, 0.05) is 23.2 Å². The summed E-state index contributed by atoms with van der Waals surface area (Å²) >= 11 is 6.06. The highest BCUT2D eigenvalue weighted by Crippen LogP contribution is 2.24. The fraction of sp³-hybridized carbons (Fsp3) is 0.538. The Kier molecular flexibility index (Phi) is 4.40. The zero-order chi connectivity index (χ0) is 12.3. The van der Waals surface area contributed by atoms with Gasteiger partial charge >= 0.3 is 0 Å². The fourth-order valence-electron chi connectivity index (χ4n) is 2.22. The van der Waals surface area contributed by atoms with Gasteiger partial charge in [0.05, 0.1) is 6.10 Å². The molecule has 1 aliphatic rings. The Labute approximate surface area is 107 Å². The number of β-amino-alcohol motifs (C(OH)–C–C–N with tert-alkyl or cyclic N) is 1. The molecule has 1 aromatic carbocycles. The zero-order valence-corrected chi connectivity index (χ0v) is 10.6. The highest BCUT2D eigenvalue weighted by atomic mass is 35.5. The summed E-state index contributed by atoms with van der Waals surface area (Å²) in [4.78, 5) is 2.25. The minimum Gasteiger partial charge on any atom is -0.387 e. The maximum Gasteiger partial charge on any atom is 0.0931 e. The molecule has 2 rings (SSSR count). The number of nitrogens with zero attached hydrogens (tertiary/aromatic N) is 1. The van der Waals surface area contributed by atoms with Gasteiger partial charge in [0.25, 0.3) is 0 Å². The first-order chi connectivity index (χ1) is 8.16. The summed E-state index contributed by atoms with van der Waals surface area (Å²) in [5, 5.41) is 10.8. The molecular formula is C13H19ClN2O. The zero-order valence-electron chi connectivity index (χ0n) is 9.85. The first kappa shape index (κ1) is 12.8. The summed E-state index contributed by atoms with van der Waals surface area (Å²) in [5.74, 6) is 0. The monoisotopic (exact) mass is 254 g/mol. The number of likely N-dealkylation sites (tertiary alicyclic amines) is 1. The fourth-order valence-corrected chi connectivity index (χ4v) is 2.49. The van der Waals surface area contributed by atoms with E-state index in [-0.39, 0.29) is 0 Å². The molecule has 17 heavy (non-hydrogen) atoms. The number of aliphatic hydroxyl groups is 1. The van der Waals surface area contributed by atoms with Crippen LogP contribution in [0.25, 0.3) is 0 Å². The SMILES string of the molecule is NC1CCN(CC(O)c2ccccc2Cl)CC1. The molecule has 1 unspecified atom stereocenters. The van der Waals surface area contributed by atoms with Crippen molar-refractivity contribution in [2.75, 3.05) is 19.6 Å². The lowest BCUT2D eigenvalue weighted by atomic mass is 10.0. The van der Waals surface area contributed by atoms with Crippen LogP contribution in [0.3, 0.4) is 0 Å². The van der Waals surface area contributed by atoms with Gasteiger partial charge in [-0.05, 0) is 32.0 Å². The Morgan fingerprint density at radius 3 is 2.65 bits per heavy atom. The second kappa shape index (κ2) is 5.83. The molecule has 3 N–H and O–H groups in total. The van der Waals surface area contributed by atoms with E-state index in [9.17, 15) is 5.11 Å². The van der Waals surface area contributed by atoms with Gasteiger partial charge in [-0.3, -0.25) is 0 Å². The van der Waals surface area contributed by atoms with Gasteiger partial charge in [-0.1, -0.05) is 29.8 Å². The van der Waals surface area contributed by atoms with Crippen LogP contribution in [-0.2, 0) is 0 Å². The molecule has 0 spiro atoms. The second-order valence-corrected chi connectivity index (χ2v) is 5.08. The van der Waals surface area contributed by atoms with Gasteiger partial charge in [0.1, 0.15) is 0 Å². The average Bonchev–Trinajstić information content (AvgIpc) is 2.32. The number of rotatable bonds is 3. The Bertz CT molecular complexity index is 364. The van der Waals surface area contributed by atoms with Crippen LogP contribution >= 0.6 is 11.6 Å². The van der Waals surface area contributed by atoms with Crippen molar-refractivity contribution >= 4 is 11.6 Å². The van der Waals surface area contributed by atoms with Crippen LogP contribution in [0.1, 0.15) is 24.5 Å². The number of benzene rings is 1. The number of halogens is 1. The summed E-state index contributed by atoms with van der Waals surface area (Å²) in [6.07, 6.45) is 1.50. The molecule has 0 saturated carbocycles. The van der Waals surface area contributed by atoms with Gasteiger partial charge in [-0.25, -0.2) is 0 Å². The molecule has 0 radical (unpaired) electrons. The van der Waals surface area contributed by atoms with Crippen LogP contribution in [0.15, 0.2) is 24.3 Å². The van der Waals surface area contributed by atoms with Crippen molar-refractivity contribution < 1.29 is 5.11 Å². The Hall–Kier alpha value is -0.610.